The summed E-state index contributed by atoms with van der Waals surface area (Å²) >= 11 is 7.27. The maximum absolute atomic E-state index is 12.3. The van der Waals surface area contributed by atoms with E-state index in [0.717, 1.165) is 4.90 Å². The van der Waals surface area contributed by atoms with E-state index in [4.69, 9.17) is 16.3 Å². The van der Waals surface area contributed by atoms with Gasteiger partial charge in [-0.3, -0.25) is 9.59 Å². The summed E-state index contributed by atoms with van der Waals surface area (Å²) in [4.78, 5) is 36.8. The molecule has 3 rings (SSSR count). The summed E-state index contributed by atoms with van der Waals surface area (Å²) in [5.74, 6) is -0.895. The number of halogens is 1. The third-order valence-corrected chi connectivity index (χ3v) is 4.90. The molecule has 2 aromatic rings. The van der Waals surface area contributed by atoms with Crippen LogP contribution in [0.15, 0.2) is 47.4 Å². The van der Waals surface area contributed by atoms with E-state index in [9.17, 15) is 14.4 Å². The van der Waals surface area contributed by atoms with Crippen LogP contribution in [0.1, 0.15) is 17.3 Å². The number of benzene rings is 2. The van der Waals surface area contributed by atoms with Crippen LogP contribution < -0.4 is 10.6 Å². The predicted molar refractivity (Wildman–Crippen MR) is 101 cm³/mol. The van der Waals surface area contributed by atoms with Crippen LogP contribution in [0.25, 0.3) is 0 Å². The van der Waals surface area contributed by atoms with Crippen molar-refractivity contribution < 1.29 is 19.1 Å². The molecule has 0 spiro atoms. The van der Waals surface area contributed by atoms with Crippen LogP contribution in [-0.2, 0) is 14.3 Å². The number of thioether (sulfide) groups is 1. The van der Waals surface area contributed by atoms with Crippen molar-refractivity contribution in [2.75, 3.05) is 16.4 Å². The molecule has 8 heteroatoms. The van der Waals surface area contributed by atoms with Crippen LogP contribution >= 0.6 is 23.4 Å². The molecule has 1 unspecified atom stereocenters. The monoisotopic (exact) mass is 390 g/mol. The van der Waals surface area contributed by atoms with Crippen molar-refractivity contribution in [3.63, 3.8) is 0 Å². The number of amides is 2. The number of nitrogens with one attached hydrogen (secondary N) is 2. The first kappa shape index (κ1) is 18.3. The molecule has 1 heterocycles. The second-order valence-electron chi connectivity index (χ2n) is 5.59. The Bertz CT molecular complexity index is 887. The Kier molecular flexibility index (Phi) is 5.49. The van der Waals surface area contributed by atoms with E-state index in [1.54, 1.807) is 42.5 Å². The van der Waals surface area contributed by atoms with Gasteiger partial charge in [-0.05, 0) is 43.3 Å². The first-order valence-electron chi connectivity index (χ1n) is 7.76. The summed E-state index contributed by atoms with van der Waals surface area (Å²) in [6, 6.07) is 11.6. The number of rotatable bonds is 4. The topological polar surface area (TPSA) is 84.5 Å². The third-order valence-electron chi connectivity index (χ3n) is 3.59. The van der Waals surface area contributed by atoms with Gasteiger partial charge in [-0.25, -0.2) is 4.79 Å². The molecule has 1 aliphatic heterocycles. The highest BCUT2D eigenvalue weighted by atomic mass is 35.5. The lowest BCUT2D eigenvalue weighted by Crippen LogP contribution is -2.30. The Hall–Kier alpha value is -2.51. The number of esters is 1. The van der Waals surface area contributed by atoms with E-state index in [1.807, 2.05) is 0 Å². The summed E-state index contributed by atoms with van der Waals surface area (Å²) in [5.41, 5.74) is 1.34. The van der Waals surface area contributed by atoms with Gasteiger partial charge in [-0.15, -0.1) is 11.8 Å². The third kappa shape index (κ3) is 4.36. The van der Waals surface area contributed by atoms with Gasteiger partial charge < -0.3 is 15.4 Å². The zero-order chi connectivity index (χ0) is 18.7. The minimum atomic E-state index is -0.999. The van der Waals surface area contributed by atoms with Gasteiger partial charge in [0.2, 0.25) is 5.91 Å². The van der Waals surface area contributed by atoms with E-state index < -0.39 is 18.0 Å². The van der Waals surface area contributed by atoms with Crippen LogP contribution in [0.3, 0.4) is 0 Å². The highest BCUT2D eigenvalue weighted by Gasteiger charge is 2.21. The predicted octanol–water partition coefficient (Wildman–Crippen LogP) is 3.57. The van der Waals surface area contributed by atoms with E-state index in [-0.39, 0.29) is 11.5 Å². The maximum atomic E-state index is 12.3. The molecule has 0 bridgehead atoms. The van der Waals surface area contributed by atoms with Crippen molar-refractivity contribution in [1.82, 2.24) is 0 Å². The molecule has 134 valence electrons. The number of anilines is 2. The summed E-state index contributed by atoms with van der Waals surface area (Å²) in [7, 11) is 0. The normalized spacial score (nSPS) is 14.0. The van der Waals surface area contributed by atoms with Crippen molar-refractivity contribution in [3.8, 4) is 0 Å². The van der Waals surface area contributed by atoms with E-state index >= 15 is 0 Å². The molecule has 1 atom stereocenters. The number of hydrogen-bond donors (Lipinski definition) is 2. The summed E-state index contributed by atoms with van der Waals surface area (Å²) in [5, 5.41) is 5.83. The van der Waals surface area contributed by atoms with Crippen LogP contribution in [0.2, 0.25) is 5.02 Å². The first-order chi connectivity index (χ1) is 12.4. The second kappa shape index (κ2) is 7.80. The van der Waals surface area contributed by atoms with Crippen LogP contribution in [0.4, 0.5) is 11.4 Å². The molecule has 0 radical (unpaired) electrons. The van der Waals surface area contributed by atoms with Crippen molar-refractivity contribution in [2.24, 2.45) is 0 Å². The number of carbonyl (C=O) groups excluding carboxylic acids is 3. The minimum absolute atomic E-state index is 0.123. The van der Waals surface area contributed by atoms with Crippen molar-refractivity contribution in [2.45, 2.75) is 17.9 Å². The van der Waals surface area contributed by atoms with Crippen LogP contribution in [0.5, 0.6) is 0 Å². The lowest BCUT2D eigenvalue weighted by Gasteiger charge is -2.17. The lowest BCUT2D eigenvalue weighted by molar-refractivity contribution is -0.123. The maximum Gasteiger partial charge on any atom is 0.338 e. The van der Waals surface area contributed by atoms with Gasteiger partial charge in [0.15, 0.2) is 6.10 Å². The van der Waals surface area contributed by atoms with E-state index in [1.165, 1.54) is 18.7 Å². The van der Waals surface area contributed by atoms with Crippen LogP contribution in [0, 0.1) is 0 Å². The van der Waals surface area contributed by atoms with Gasteiger partial charge in [-0.1, -0.05) is 17.7 Å². The van der Waals surface area contributed by atoms with Gasteiger partial charge >= 0.3 is 5.97 Å². The molecule has 6 nitrogen and oxygen atoms in total. The fourth-order valence-electron chi connectivity index (χ4n) is 2.30. The van der Waals surface area contributed by atoms with E-state index in [2.05, 4.69) is 10.6 Å². The highest BCUT2D eigenvalue weighted by molar-refractivity contribution is 8.00. The lowest BCUT2D eigenvalue weighted by atomic mass is 10.2. The molecule has 1 aliphatic rings. The molecule has 2 aromatic carbocycles. The number of hydrogen-bond acceptors (Lipinski definition) is 5. The Labute approximate surface area is 159 Å². The Morgan fingerprint density at radius 1 is 1.27 bits per heavy atom. The molecule has 0 saturated heterocycles. The first-order valence-corrected chi connectivity index (χ1v) is 9.13. The molecule has 2 N–H and O–H groups in total. The molecule has 2 amide bonds. The molecular formula is C18H15ClN2O4S. The molecule has 0 aliphatic carbocycles. The smallest absolute Gasteiger partial charge is 0.338 e. The standard InChI is InChI=1S/C18H15ClN2O4S/c1-10(17(23)20-13-4-2-3-12(19)8-13)25-18(24)11-5-6-15-14(7-11)21-16(22)9-26-15/h2-8,10H,9H2,1H3,(H,20,23)(H,21,22). The number of carbonyl (C=O) groups is 3. The Morgan fingerprint density at radius 3 is 2.85 bits per heavy atom. The van der Waals surface area contributed by atoms with Gasteiger partial charge in [0.25, 0.3) is 5.91 Å². The second-order valence-corrected chi connectivity index (χ2v) is 7.05. The van der Waals surface area contributed by atoms with E-state index in [0.29, 0.717) is 22.2 Å². The SMILES string of the molecule is CC(OC(=O)c1ccc2c(c1)NC(=O)CS2)C(=O)Nc1cccc(Cl)c1. The van der Waals surface area contributed by atoms with Gasteiger partial charge in [0, 0.05) is 15.6 Å². The minimum Gasteiger partial charge on any atom is -0.449 e. The molecular weight excluding hydrogens is 376 g/mol. The summed E-state index contributed by atoms with van der Waals surface area (Å²) in [6.07, 6.45) is -0.999. The zero-order valence-corrected chi connectivity index (χ0v) is 15.3. The Morgan fingerprint density at radius 2 is 2.08 bits per heavy atom. The fraction of sp³-hybridized carbons (Fsp3) is 0.167. The Balaban J connectivity index is 1.64. The van der Waals surface area contributed by atoms with Crippen molar-refractivity contribution in [1.29, 1.82) is 0 Å². The average Bonchev–Trinajstić information content (AvgIpc) is 2.60. The van der Waals surface area contributed by atoms with Gasteiger partial charge in [0.05, 0.1) is 17.0 Å². The van der Waals surface area contributed by atoms with Gasteiger partial charge in [0.1, 0.15) is 0 Å². The number of ether oxygens (including phenoxy) is 1. The molecule has 26 heavy (non-hydrogen) atoms. The highest BCUT2D eigenvalue weighted by Crippen LogP contribution is 2.32. The molecule has 0 aromatic heterocycles. The van der Waals surface area contributed by atoms with Crippen LogP contribution in [-0.4, -0.2) is 29.6 Å². The summed E-state index contributed by atoms with van der Waals surface area (Å²) < 4.78 is 5.22. The summed E-state index contributed by atoms with van der Waals surface area (Å²) in [6.45, 7) is 1.48. The van der Waals surface area contributed by atoms with Gasteiger partial charge in [-0.2, -0.15) is 0 Å². The average molecular weight is 391 g/mol. The molecule has 0 fully saturated rings. The largest absolute Gasteiger partial charge is 0.449 e. The van der Waals surface area contributed by atoms with Crippen molar-refractivity contribution >= 4 is 52.5 Å². The van der Waals surface area contributed by atoms with Crippen molar-refractivity contribution in [3.05, 3.63) is 53.1 Å². The molecule has 0 saturated carbocycles. The quantitative estimate of drug-likeness (QED) is 0.779. The zero-order valence-electron chi connectivity index (χ0n) is 13.7. The number of fused-ring (bicyclic) bond motifs is 1. The fourth-order valence-corrected chi connectivity index (χ4v) is 3.28.